The average Bonchev–Trinajstić information content (AvgIpc) is 2.81. The van der Waals surface area contributed by atoms with Crippen molar-refractivity contribution in [2.75, 3.05) is 45.3 Å². The van der Waals surface area contributed by atoms with E-state index in [1.807, 2.05) is 11.8 Å². The first-order valence-electron chi connectivity index (χ1n) is 11.4. The number of piperazine rings is 1. The molecule has 0 aliphatic carbocycles. The number of methoxy groups -OCH3 is 1. The van der Waals surface area contributed by atoms with Crippen molar-refractivity contribution >= 4 is 35.2 Å². The molecule has 2 aromatic rings. The molecule has 1 aliphatic rings. The van der Waals surface area contributed by atoms with Crippen molar-refractivity contribution in [1.29, 1.82) is 0 Å². The van der Waals surface area contributed by atoms with Gasteiger partial charge < -0.3 is 19.7 Å². The van der Waals surface area contributed by atoms with Gasteiger partial charge >= 0.3 is 0 Å². The summed E-state index contributed by atoms with van der Waals surface area (Å²) >= 11 is 6.31. The Hall–Kier alpha value is -2.94. The predicted molar refractivity (Wildman–Crippen MR) is 135 cm³/mol. The zero-order valence-electron chi connectivity index (χ0n) is 20.2. The number of ether oxygens (including phenoxy) is 2. The number of benzene rings is 2. The number of anilines is 1. The minimum atomic E-state index is -0.250. The number of carbonyl (C=O) groups is 2. The molecule has 2 aromatic carbocycles. The molecule has 0 saturated carbocycles. The van der Waals surface area contributed by atoms with E-state index in [1.54, 1.807) is 37.5 Å². The molecule has 0 spiro atoms. The Bertz CT molecular complexity index is 1060. The predicted octanol–water partition coefficient (Wildman–Crippen LogP) is 4.21. The van der Waals surface area contributed by atoms with Crippen LogP contribution in [0.3, 0.4) is 0 Å². The molecule has 7 nitrogen and oxygen atoms in total. The summed E-state index contributed by atoms with van der Waals surface area (Å²) in [6.07, 6.45) is 3.16. The molecule has 1 N–H and O–H groups in total. The van der Waals surface area contributed by atoms with Crippen LogP contribution in [0.5, 0.6) is 5.75 Å². The Morgan fingerprint density at radius 2 is 1.94 bits per heavy atom. The van der Waals surface area contributed by atoms with Crippen LogP contribution < -0.4 is 10.1 Å². The molecular formula is C26H31ClFN3O4. The van der Waals surface area contributed by atoms with Crippen molar-refractivity contribution in [3.05, 3.63) is 64.4 Å². The number of halogens is 2. The summed E-state index contributed by atoms with van der Waals surface area (Å²) in [7, 11) is 1.58. The van der Waals surface area contributed by atoms with E-state index >= 15 is 0 Å². The van der Waals surface area contributed by atoms with Gasteiger partial charge in [0.2, 0.25) is 11.8 Å². The molecule has 0 unspecified atom stereocenters. The number of nitrogens with one attached hydrogen (secondary N) is 1. The average molecular weight is 504 g/mol. The van der Waals surface area contributed by atoms with Crippen LogP contribution in [0, 0.1) is 5.82 Å². The van der Waals surface area contributed by atoms with E-state index in [9.17, 15) is 14.0 Å². The molecule has 1 heterocycles. The number of rotatable bonds is 9. The summed E-state index contributed by atoms with van der Waals surface area (Å²) in [5.41, 5.74) is 2.13. The van der Waals surface area contributed by atoms with Crippen molar-refractivity contribution in [2.24, 2.45) is 0 Å². The lowest BCUT2D eigenvalue weighted by molar-refractivity contribution is -0.130. The van der Waals surface area contributed by atoms with Gasteiger partial charge in [0, 0.05) is 63.6 Å². The molecule has 9 heteroatoms. The fraction of sp³-hybridized carbons (Fsp3) is 0.385. The first kappa shape index (κ1) is 26.7. The second-order valence-electron chi connectivity index (χ2n) is 8.47. The van der Waals surface area contributed by atoms with Crippen molar-refractivity contribution in [3.8, 4) is 5.75 Å². The van der Waals surface area contributed by atoms with Gasteiger partial charge in [-0.3, -0.25) is 14.5 Å². The summed E-state index contributed by atoms with van der Waals surface area (Å²) in [6.45, 7) is 6.85. The Balaban J connectivity index is 1.68. The van der Waals surface area contributed by atoms with Gasteiger partial charge in [-0.2, -0.15) is 0 Å². The lowest BCUT2D eigenvalue weighted by atomic mass is 10.1. The molecule has 188 valence electrons. The van der Waals surface area contributed by atoms with Gasteiger partial charge in [0.05, 0.1) is 11.6 Å². The lowest BCUT2D eigenvalue weighted by Gasteiger charge is -2.39. The minimum absolute atomic E-state index is 0.00863. The van der Waals surface area contributed by atoms with E-state index in [4.69, 9.17) is 21.1 Å². The summed E-state index contributed by atoms with van der Waals surface area (Å²) < 4.78 is 23.8. The van der Waals surface area contributed by atoms with Gasteiger partial charge in [0.15, 0.2) is 0 Å². The van der Waals surface area contributed by atoms with E-state index in [1.165, 1.54) is 25.1 Å². The van der Waals surface area contributed by atoms with Crippen LogP contribution in [0.15, 0.2) is 42.5 Å². The Morgan fingerprint density at radius 1 is 1.20 bits per heavy atom. The maximum Gasteiger partial charge on any atom is 0.246 e. The van der Waals surface area contributed by atoms with Gasteiger partial charge in [0.1, 0.15) is 18.2 Å². The van der Waals surface area contributed by atoms with Crippen molar-refractivity contribution in [3.63, 3.8) is 0 Å². The first-order chi connectivity index (χ1) is 16.8. The van der Waals surface area contributed by atoms with Crippen LogP contribution in [0.25, 0.3) is 6.08 Å². The molecule has 0 radical (unpaired) electrons. The molecular weight excluding hydrogens is 473 g/mol. The fourth-order valence-corrected chi connectivity index (χ4v) is 4.18. The molecule has 1 fully saturated rings. The largest absolute Gasteiger partial charge is 0.490 e. The standard InChI is InChI=1S/C26H31ClFN3O4/c1-18-16-30(17-20-4-7-22(28)8-5-20)10-11-31(18)26(33)9-6-21-14-25(35-13-12-34-3)23(27)15-24(21)29-19(2)32/h4-9,14-15,18H,10-13,16-17H2,1-3H3,(H,29,32)/t18-/m1/s1. The monoisotopic (exact) mass is 503 g/mol. The van der Waals surface area contributed by atoms with E-state index in [0.717, 1.165) is 12.1 Å². The Morgan fingerprint density at radius 3 is 2.60 bits per heavy atom. The van der Waals surface area contributed by atoms with Crippen LogP contribution in [0.2, 0.25) is 5.02 Å². The second-order valence-corrected chi connectivity index (χ2v) is 8.88. The topological polar surface area (TPSA) is 71.1 Å². The van der Waals surface area contributed by atoms with E-state index in [2.05, 4.69) is 10.2 Å². The highest BCUT2D eigenvalue weighted by Gasteiger charge is 2.26. The molecule has 3 rings (SSSR count). The van der Waals surface area contributed by atoms with Gasteiger partial charge in [-0.25, -0.2) is 4.39 Å². The number of hydrogen-bond acceptors (Lipinski definition) is 5. The summed E-state index contributed by atoms with van der Waals surface area (Å²) in [4.78, 5) is 28.7. The molecule has 1 aliphatic heterocycles. The van der Waals surface area contributed by atoms with Crippen LogP contribution in [0.4, 0.5) is 10.1 Å². The van der Waals surface area contributed by atoms with E-state index < -0.39 is 0 Å². The summed E-state index contributed by atoms with van der Waals surface area (Å²) in [5, 5.41) is 3.09. The van der Waals surface area contributed by atoms with Crippen molar-refractivity contribution in [2.45, 2.75) is 26.4 Å². The molecule has 0 aromatic heterocycles. The van der Waals surface area contributed by atoms with Crippen LogP contribution in [-0.4, -0.2) is 67.6 Å². The van der Waals surface area contributed by atoms with Gasteiger partial charge in [-0.15, -0.1) is 0 Å². The van der Waals surface area contributed by atoms with Crippen molar-refractivity contribution in [1.82, 2.24) is 9.80 Å². The van der Waals surface area contributed by atoms with E-state index in [0.29, 0.717) is 54.9 Å². The number of amides is 2. The van der Waals surface area contributed by atoms with Gasteiger partial charge in [0.25, 0.3) is 0 Å². The Labute approximate surface area is 210 Å². The maximum absolute atomic E-state index is 13.2. The summed E-state index contributed by atoms with van der Waals surface area (Å²) in [5.74, 6) is -0.182. The number of carbonyl (C=O) groups excluding carboxylic acids is 2. The zero-order chi connectivity index (χ0) is 25.4. The first-order valence-corrected chi connectivity index (χ1v) is 11.8. The van der Waals surface area contributed by atoms with Crippen LogP contribution >= 0.6 is 11.6 Å². The second kappa shape index (κ2) is 12.7. The highest BCUT2D eigenvalue weighted by molar-refractivity contribution is 6.32. The highest BCUT2D eigenvalue weighted by atomic mass is 35.5. The summed E-state index contributed by atoms with van der Waals surface area (Å²) in [6, 6.07) is 9.79. The Kier molecular flexibility index (Phi) is 9.65. The van der Waals surface area contributed by atoms with Crippen LogP contribution in [0.1, 0.15) is 25.0 Å². The number of hydrogen-bond donors (Lipinski definition) is 1. The molecule has 1 atom stereocenters. The minimum Gasteiger partial charge on any atom is -0.490 e. The molecule has 35 heavy (non-hydrogen) atoms. The quantitative estimate of drug-likeness (QED) is 0.410. The third-order valence-corrected chi connectivity index (χ3v) is 5.97. The van der Waals surface area contributed by atoms with Gasteiger partial charge in [-0.05, 0) is 42.8 Å². The fourth-order valence-electron chi connectivity index (χ4n) is 3.96. The zero-order valence-corrected chi connectivity index (χ0v) is 21.0. The molecule has 2 amide bonds. The van der Waals surface area contributed by atoms with Crippen LogP contribution in [-0.2, 0) is 20.9 Å². The maximum atomic E-state index is 13.2. The third kappa shape index (κ3) is 7.78. The number of nitrogens with zero attached hydrogens (tertiary/aromatic N) is 2. The third-order valence-electron chi connectivity index (χ3n) is 5.68. The van der Waals surface area contributed by atoms with Gasteiger partial charge in [-0.1, -0.05) is 23.7 Å². The van der Waals surface area contributed by atoms with Crippen molar-refractivity contribution < 1.29 is 23.5 Å². The molecule has 1 saturated heterocycles. The highest BCUT2D eigenvalue weighted by Crippen LogP contribution is 2.32. The SMILES string of the molecule is COCCOc1cc(C=CC(=O)N2CCN(Cc3ccc(F)cc3)C[C@H]2C)c(NC(C)=O)cc1Cl. The smallest absolute Gasteiger partial charge is 0.246 e. The molecule has 0 bridgehead atoms. The lowest BCUT2D eigenvalue weighted by Crippen LogP contribution is -2.53. The van der Waals surface area contributed by atoms with E-state index in [-0.39, 0.29) is 23.7 Å². The normalized spacial score (nSPS) is 16.5.